The van der Waals surface area contributed by atoms with Crippen LogP contribution < -0.4 is 0 Å². The van der Waals surface area contributed by atoms with Gasteiger partial charge in [-0.2, -0.15) is 0 Å². The number of nitrogens with zero attached hydrogens (tertiary/aromatic N) is 2. The van der Waals surface area contributed by atoms with Crippen molar-refractivity contribution in [3.05, 3.63) is 18.2 Å². The lowest BCUT2D eigenvalue weighted by molar-refractivity contribution is 0.803. The highest BCUT2D eigenvalue weighted by atomic mass is 15.0. The molecule has 0 saturated heterocycles. The highest BCUT2D eigenvalue weighted by molar-refractivity contribution is 4.87. The van der Waals surface area contributed by atoms with Gasteiger partial charge in [0.15, 0.2) is 0 Å². The Hall–Kier alpha value is -0.790. The Morgan fingerprint density at radius 3 is 2.88 bits per heavy atom. The Kier molecular flexibility index (Phi) is 1.33. The molecule has 1 radical (unpaired) electrons. The molecule has 0 aliphatic carbocycles. The van der Waals surface area contributed by atoms with E-state index in [1.807, 2.05) is 11.6 Å². The molecule has 0 unspecified atom stereocenters. The molecule has 1 rings (SSSR count). The average molecular weight is 109 g/mol. The minimum atomic E-state index is 0.986. The molecule has 2 heteroatoms. The van der Waals surface area contributed by atoms with Gasteiger partial charge in [0, 0.05) is 13.5 Å². The van der Waals surface area contributed by atoms with Crippen LogP contribution in [0.3, 0.4) is 0 Å². The zero-order valence-corrected chi connectivity index (χ0v) is 5.18. The zero-order chi connectivity index (χ0) is 5.98. The molecule has 0 fully saturated rings. The summed E-state index contributed by atoms with van der Waals surface area (Å²) in [5, 5.41) is 0. The fourth-order valence-corrected chi connectivity index (χ4v) is 0.680. The van der Waals surface area contributed by atoms with Gasteiger partial charge >= 0.3 is 0 Å². The van der Waals surface area contributed by atoms with Gasteiger partial charge in [-0.15, -0.1) is 0 Å². The van der Waals surface area contributed by atoms with Crippen molar-refractivity contribution in [2.24, 2.45) is 7.05 Å². The molecule has 0 bridgehead atoms. The Bertz CT molecular complexity index is 167. The van der Waals surface area contributed by atoms with Gasteiger partial charge < -0.3 is 4.57 Å². The van der Waals surface area contributed by atoms with Gasteiger partial charge in [0.1, 0.15) is 5.82 Å². The summed E-state index contributed by atoms with van der Waals surface area (Å²) in [6.07, 6.45) is 5.60. The first kappa shape index (κ1) is 5.35. The fourth-order valence-electron chi connectivity index (χ4n) is 0.680. The Balaban J connectivity index is 2.92. The Labute approximate surface area is 49.2 Å². The van der Waals surface area contributed by atoms with Crippen molar-refractivity contribution in [2.45, 2.75) is 13.3 Å². The van der Waals surface area contributed by atoms with Crippen LogP contribution in [0.25, 0.3) is 0 Å². The Morgan fingerprint density at radius 1 is 1.88 bits per heavy atom. The molecule has 0 aliphatic rings. The van der Waals surface area contributed by atoms with E-state index >= 15 is 0 Å². The number of imidazole rings is 1. The third-order valence-electron chi connectivity index (χ3n) is 1.17. The third kappa shape index (κ3) is 0.735. The second-order valence-corrected chi connectivity index (χ2v) is 1.72. The maximum atomic E-state index is 4.04. The first-order chi connectivity index (χ1) is 3.84. The molecule has 43 valence electrons. The summed E-state index contributed by atoms with van der Waals surface area (Å²) in [6, 6.07) is 0. The lowest BCUT2D eigenvalue weighted by Crippen LogP contribution is -1.93. The minimum Gasteiger partial charge on any atom is -0.330 e. The molecule has 0 amide bonds. The van der Waals surface area contributed by atoms with E-state index in [1.165, 1.54) is 0 Å². The minimum absolute atomic E-state index is 0.986. The van der Waals surface area contributed by atoms with Gasteiger partial charge in [-0.1, -0.05) is 6.92 Å². The van der Waals surface area contributed by atoms with Gasteiger partial charge in [-0.3, -0.25) is 0 Å². The molecule has 8 heavy (non-hydrogen) atoms. The summed E-state index contributed by atoms with van der Waals surface area (Å²) < 4.78 is 1.90. The summed E-state index contributed by atoms with van der Waals surface area (Å²) in [5.41, 5.74) is 0. The Morgan fingerprint density at radius 2 is 2.62 bits per heavy atom. The summed E-state index contributed by atoms with van der Waals surface area (Å²) in [4.78, 5) is 4.04. The molecular weight excluding hydrogens is 100 g/mol. The van der Waals surface area contributed by atoms with Crippen LogP contribution in [0.5, 0.6) is 0 Å². The second-order valence-electron chi connectivity index (χ2n) is 1.72. The number of aryl methyl sites for hydroxylation is 2. The molecule has 0 aliphatic heterocycles. The molecule has 1 aromatic rings. The molecule has 1 aromatic heterocycles. The van der Waals surface area contributed by atoms with E-state index in [1.54, 1.807) is 6.20 Å². The number of rotatable bonds is 1. The normalized spacial score (nSPS) is 9.75. The molecule has 2 nitrogen and oxygen atoms in total. The van der Waals surface area contributed by atoms with Gasteiger partial charge in [-0.25, -0.2) is 4.98 Å². The quantitative estimate of drug-likeness (QED) is 0.521. The smallest absolute Gasteiger partial charge is 0.108 e. The van der Waals surface area contributed by atoms with Crippen molar-refractivity contribution < 1.29 is 0 Å². The van der Waals surface area contributed by atoms with Crippen LogP contribution in [0.2, 0.25) is 0 Å². The highest BCUT2D eigenvalue weighted by Gasteiger charge is 1.91. The van der Waals surface area contributed by atoms with Crippen LogP contribution in [-0.2, 0) is 13.5 Å². The standard InChI is InChI=1S/C6H9N2/c1-3-6-7-4-5-8(6)2/h4H,3H2,1-2H3. The second kappa shape index (κ2) is 1.99. The lowest BCUT2D eigenvalue weighted by atomic mass is 10.5. The van der Waals surface area contributed by atoms with Crippen LogP contribution in [0.15, 0.2) is 6.20 Å². The molecular formula is C6H9N2. The fraction of sp³-hybridized carbons (Fsp3) is 0.500. The maximum absolute atomic E-state index is 4.04. The molecule has 0 N–H and O–H groups in total. The van der Waals surface area contributed by atoms with E-state index in [4.69, 9.17) is 0 Å². The van der Waals surface area contributed by atoms with E-state index < -0.39 is 0 Å². The molecule has 0 atom stereocenters. The van der Waals surface area contributed by atoms with Crippen LogP contribution in [0.1, 0.15) is 12.7 Å². The first-order valence-electron chi connectivity index (χ1n) is 2.73. The highest BCUT2D eigenvalue weighted by Crippen LogP contribution is 1.91. The summed E-state index contributed by atoms with van der Waals surface area (Å²) in [5.74, 6) is 1.09. The maximum Gasteiger partial charge on any atom is 0.108 e. The van der Waals surface area contributed by atoms with Crippen molar-refractivity contribution in [3.8, 4) is 0 Å². The van der Waals surface area contributed by atoms with Crippen LogP contribution >= 0.6 is 0 Å². The van der Waals surface area contributed by atoms with E-state index in [0.29, 0.717) is 0 Å². The van der Waals surface area contributed by atoms with Crippen molar-refractivity contribution >= 4 is 0 Å². The van der Waals surface area contributed by atoms with E-state index in [9.17, 15) is 0 Å². The summed E-state index contributed by atoms with van der Waals surface area (Å²) >= 11 is 0. The van der Waals surface area contributed by atoms with Crippen LogP contribution in [0.4, 0.5) is 0 Å². The van der Waals surface area contributed by atoms with Gasteiger partial charge in [-0.05, 0) is 0 Å². The van der Waals surface area contributed by atoms with E-state index in [-0.39, 0.29) is 0 Å². The molecule has 0 aromatic carbocycles. The van der Waals surface area contributed by atoms with Crippen molar-refractivity contribution in [1.82, 2.24) is 9.55 Å². The molecule has 0 spiro atoms. The van der Waals surface area contributed by atoms with Crippen molar-refractivity contribution in [3.63, 3.8) is 0 Å². The van der Waals surface area contributed by atoms with Gasteiger partial charge in [0.25, 0.3) is 0 Å². The van der Waals surface area contributed by atoms with Gasteiger partial charge in [0.2, 0.25) is 0 Å². The number of aromatic nitrogens is 2. The van der Waals surface area contributed by atoms with Crippen molar-refractivity contribution in [2.75, 3.05) is 0 Å². The third-order valence-corrected chi connectivity index (χ3v) is 1.17. The van der Waals surface area contributed by atoms with Crippen molar-refractivity contribution in [1.29, 1.82) is 0 Å². The zero-order valence-electron chi connectivity index (χ0n) is 5.18. The van der Waals surface area contributed by atoms with Crippen LogP contribution in [0, 0.1) is 6.20 Å². The predicted octanol–water partition coefficient (Wildman–Crippen LogP) is 0.783. The molecule has 1 heterocycles. The molecule has 0 saturated carbocycles. The predicted molar refractivity (Wildman–Crippen MR) is 31.4 cm³/mol. The lowest BCUT2D eigenvalue weighted by Gasteiger charge is -1.92. The number of hydrogen-bond acceptors (Lipinski definition) is 1. The first-order valence-corrected chi connectivity index (χ1v) is 2.73. The summed E-state index contributed by atoms with van der Waals surface area (Å²) in [6.45, 7) is 2.08. The monoisotopic (exact) mass is 109 g/mol. The number of hydrogen-bond donors (Lipinski definition) is 0. The summed E-state index contributed by atoms with van der Waals surface area (Å²) in [7, 11) is 1.95. The van der Waals surface area contributed by atoms with Crippen LogP contribution in [-0.4, -0.2) is 9.55 Å². The largest absolute Gasteiger partial charge is 0.330 e. The average Bonchev–Trinajstić information content (AvgIpc) is 2.14. The van der Waals surface area contributed by atoms with E-state index in [2.05, 4.69) is 18.1 Å². The van der Waals surface area contributed by atoms with E-state index in [0.717, 1.165) is 12.2 Å². The topological polar surface area (TPSA) is 17.8 Å². The SMILES string of the molecule is CCc1nc[c]n1C. The van der Waals surface area contributed by atoms with Gasteiger partial charge in [0.05, 0.1) is 12.4 Å².